The summed E-state index contributed by atoms with van der Waals surface area (Å²) in [5.41, 5.74) is 0. The second kappa shape index (κ2) is 6.58. The minimum Gasteiger partial charge on any atom is -0.394 e. The van der Waals surface area contributed by atoms with Crippen molar-refractivity contribution in [1.29, 1.82) is 0 Å². The van der Waals surface area contributed by atoms with Gasteiger partial charge in [-0.1, -0.05) is 0 Å². The minimum absolute atomic E-state index is 0.0530. The van der Waals surface area contributed by atoms with Gasteiger partial charge >= 0.3 is 6.03 Å². The number of carbonyl (C=O) groups is 2. The predicted octanol–water partition coefficient (Wildman–Crippen LogP) is -0.123. The molecule has 1 rings (SSSR count). The fourth-order valence-electron chi connectivity index (χ4n) is 2.05. The van der Waals surface area contributed by atoms with Crippen molar-refractivity contribution in [2.75, 3.05) is 33.8 Å². The van der Waals surface area contributed by atoms with Gasteiger partial charge in [-0.25, -0.2) is 4.79 Å². The average Bonchev–Trinajstić information content (AvgIpc) is 2.37. The van der Waals surface area contributed by atoms with Crippen molar-refractivity contribution < 1.29 is 14.7 Å². The van der Waals surface area contributed by atoms with Crippen LogP contribution in [-0.4, -0.2) is 66.7 Å². The van der Waals surface area contributed by atoms with Crippen LogP contribution in [-0.2, 0) is 4.79 Å². The van der Waals surface area contributed by atoms with Crippen molar-refractivity contribution in [2.45, 2.75) is 25.8 Å². The Morgan fingerprint density at radius 1 is 1.50 bits per heavy atom. The van der Waals surface area contributed by atoms with Crippen molar-refractivity contribution in [3.8, 4) is 0 Å². The molecule has 0 aromatic carbocycles. The van der Waals surface area contributed by atoms with Crippen LogP contribution in [0.25, 0.3) is 0 Å². The number of amides is 3. The van der Waals surface area contributed by atoms with Gasteiger partial charge in [0.2, 0.25) is 5.91 Å². The molecule has 0 aromatic rings. The Labute approximate surface area is 108 Å². The van der Waals surface area contributed by atoms with Gasteiger partial charge in [-0.15, -0.1) is 0 Å². The molecule has 1 saturated heterocycles. The SMILES string of the molecule is CC(CO)NC(=O)C1CCCN(C(=O)N(C)C)C1. The number of rotatable bonds is 3. The topological polar surface area (TPSA) is 72.9 Å². The van der Waals surface area contributed by atoms with Gasteiger partial charge in [0.15, 0.2) is 0 Å². The van der Waals surface area contributed by atoms with Crippen LogP contribution < -0.4 is 5.32 Å². The molecule has 1 fully saturated rings. The molecule has 6 heteroatoms. The number of hydrogen-bond donors (Lipinski definition) is 2. The first-order valence-electron chi connectivity index (χ1n) is 6.33. The quantitative estimate of drug-likeness (QED) is 0.740. The molecule has 0 bridgehead atoms. The maximum Gasteiger partial charge on any atom is 0.319 e. The van der Waals surface area contributed by atoms with E-state index in [4.69, 9.17) is 5.11 Å². The zero-order chi connectivity index (χ0) is 13.7. The smallest absolute Gasteiger partial charge is 0.319 e. The molecule has 0 radical (unpaired) electrons. The number of nitrogens with zero attached hydrogens (tertiary/aromatic N) is 2. The van der Waals surface area contributed by atoms with Crippen LogP contribution in [0.5, 0.6) is 0 Å². The molecule has 104 valence electrons. The van der Waals surface area contributed by atoms with E-state index < -0.39 is 0 Å². The van der Waals surface area contributed by atoms with Crippen LogP contribution >= 0.6 is 0 Å². The summed E-state index contributed by atoms with van der Waals surface area (Å²) in [7, 11) is 3.42. The van der Waals surface area contributed by atoms with E-state index in [1.54, 1.807) is 25.9 Å². The van der Waals surface area contributed by atoms with Crippen LogP contribution in [0.15, 0.2) is 0 Å². The van der Waals surface area contributed by atoms with Crippen molar-refractivity contribution in [3.05, 3.63) is 0 Å². The van der Waals surface area contributed by atoms with E-state index in [0.717, 1.165) is 12.8 Å². The van der Waals surface area contributed by atoms with E-state index in [-0.39, 0.29) is 30.5 Å². The van der Waals surface area contributed by atoms with Gasteiger partial charge in [-0.2, -0.15) is 0 Å². The molecular formula is C12H23N3O3. The number of aliphatic hydroxyl groups excluding tert-OH is 1. The molecule has 18 heavy (non-hydrogen) atoms. The van der Waals surface area contributed by atoms with E-state index in [1.807, 2.05) is 0 Å². The van der Waals surface area contributed by atoms with Crippen LogP contribution in [0.3, 0.4) is 0 Å². The van der Waals surface area contributed by atoms with Crippen LogP contribution in [0, 0.1) is 5.92 Å². The van der Waals surface area contributed by atoms with Crippen molar-refractivity contribution in [2.24, 2.45) is 5.92 Å². The van der Waals surface area contributed by atoms with Gasteiger partial charge in [0, 0.05) is 33.2 Å². The lowest BCUT2D eigenvalue weighted by molar-refractivity contribution is -0.127. The number of urea groups is 1. The van der Waals surface area contributed by atoms with E-state index in [2.05, 4.69) is 5.32 Å². The third-order valence-electron chi connectivity index (χ3n) is 3.11. The normalized spacial score (nSPS) is 21.3. The van der Waals surface area contributed by atoms with Crippen LogP contribution in [0.2, 0.25) is 0 Å². The standard InChI is InChI=1S/C12H23N3O3/c1-9(8-16)13-11(17)10-5-4-6-15(7-10)12(18)14(2)3/h9-10,16H,4-8H2,1-3H3,(H,13,17). The highest BCUT2D eigenvalue weighted by atomic mass is 16.3. The summed E-state index contributed by atoms with van der Waals surface area (Å²) in [6.07, 6.45) is 1.63. The first-order valence-corrected chi connectivity index (χ1v) is 6.33. The molecule has 3 amide bonds. The molecule has 1 heterocycles. The van der Waals surface area contributed by atoms with E-state index >= 15 is 0 Å². The summed E-state index contributed by atoms with van der Waals surface area (Å²) in [6, 6.07) is -0.292. The second-order valence-corrected chi connectivity index (χ2v) is 5.05. The summed E-state index contributed by atoms with van der Waals surface area (Å²) < 4.78 is 0. The molecule has 2 unspecified atom stereocenters. The van der Waals surface area contributed by atoms with Gasteiger partial charge in [0.05, 0.1) is 12.5 Å². The molecule has 6 nitrogen and oxygen atoms in total. The molecule has 1 aliphatic heterocycles. The van der Waals surface area contributed by atoms with E-state index in [9.17, 15) is 9.59 Å². The number of piperidine rings is 1. The van der Waals surface area contributed by atoms with Gasteiger partial charge in [0.25, 0.3) is 0 Å². The molecule has 0 saturated carbocycles. The third-order valence-corrected chi connectivity index (χ3v) is 3.11. The molecule has 2 N–H and O–H groups in total. The Balaban J connectivity index is 2.53. The number of likely N-dealkylation sites (tertiary alicyclic amines) is 1. The Bertz CT molecular complexity index is 307. The first-order chi connectivity index (χ1) is 8.45. The fourth-order valence-corrected chi connectivity index (χ4v) is 2.05. The van der Waals surface area contributed by atoms with Gasteiger partial charge in [-0.05, 0) is 19.8 Å². The summed E-state index contributed by atoms with van der Waals surface area (Å²) in [6.45, 7) is 2.85. The van der Waals surface area contributed by atoms with Gasteiger partial charge in [-0.3, -0.25) is 4.79 Å². The Morgan fingerprint density at radius 2 is 2.17 bits per heavy atom. The van der Waals surface area contributed by atoms with Crippen LogP contribution in [0.4, 0.5) is 4.79 Å². The summed E-state index contributed by atoms with van der Waals surface area (Å²) in [5, 5.41) is 11.7. The molecule has 0 spiro atoms. The average molecular weight is 257 g/mol. The van der Waals surface area contributed by atoms with Crippen molar-refractivity contribution in [1.82, 2.24) is 15.1 Å². The van der Waals surface area contributed by atoms with Crippen molar-refractivity contribution >= 4 is 11.9 Å². The molecular weight excluding hydrogens is 234 g/mol. The number of aliphatic hydroxyl groups is 1. The van der Waals surface area contributed by atoms with Gasteiger partial charge in [0.1, 0.15) is 0 Å². The second-order valence-electron chi connectivity index (χ2n) is 5.05. The zero-order valence-electron chi connectivity index (χ0n) is 11.3. The largest absolute Gasteiger partial charge is 0.394 e. The summed E-state index contributed by atoms with van der Waals surface area (Å²) >= 11 is 0. The highest BCUT2D eigenvalue weighted by Gasteiger charge is 2.29. The van der Waals surface area contributed by atoms with E-state index in [1.165, 1.54) is 4.90 Å². The monoisotopic (exact) mass is 257 g/mol. The fraction of sp³-hybridized carbons (Fsp3) is 0.833. The Morgan fingerprint density at radius 3 is 2.72 bits per heavy atom. The number of hydrogen-bond acceptors (Lipinski definition) is 3. The van der Waals surface area contributed by atoms with Crippen LogP contribution in [0.1, 0.15) is 19.8 Å². The highest BCUT2D eigenvalue weighted by Crippen LogP contribution is 2.17. The molecule has 0 aliphatic carbocycles. The molecule has 2 atom stereocenters. The highest BCUT2D eigenvalue weighted by molar-refractivity contribution is 5.81. The predicted molar refractivity (Wildman–Crippen MR) is 68.1 cm³/mol. The lowest BCUT2D eigenvalue weighted by atomic mass is 9.97. The maximum atomic E-state index is 11.9. The number of nitrogens with one attached hydrogen (secondary N) is 1. The summed E-state index contributed by atoms with van der Waals surface area (Å²) in [5.74, 6) is -0.246. The van der Waals surface area contributed by atoms with E-state index in [0.29, 0.717) is 13.1 Å². The lowest BCUT2D eigenvalue weighted by Crippen LogP contribution is -2.49. The number of carbonyl (C=O) groups excluding carboxylic acids is 2. The molecule has 0 aromatic heterocycles. The maximum absolute atomic E-state index is 11.9. The summed E-state index contributed by atoms with van der Waals surface area (Å²) in [4.78, 5) is 27.0. The lowest BCUT2D eigenvalue weighted by Gasteiger charge is -2.34. The molecule has 1 aliphatic rings. The zero-order valence-corrected chi connectivity index (χ0v) is 11.3. The Hall–Kier alpha value is -1.30. The first kappa shape index (κ1) is 14.8. The Kier molecular flexibility index (Phi) is 5.40. The van der Waals surface area contributed by atoms with Crippen molar-refractivity contribution in [3.63, 3.8) is 0 Å². The van der Waals surface area contributed by atoms with Gasteiger partial charge < -0.3 is 20.2 Å². The minimum atomic E-state index is -0.238. The third kappa shape index (κ3) is 3.87.